The summed E-state index contributed by atoms with van der Waals surface area (Å²) in [5.41, 5.74) is 4.14. The summed E-state index contributed by atoms with van der Waals surface area (Å²) in [7, 11) is 3.14. The van der Waals surface area contributed by atoms with Gasteiger partial charge in [0.15, 0.2) is 0 Å². The van der Waals surface area contributed by atoms with Gasteiger partial charge in [0.25, 0.3) is 5.91 Å². The predicted octanol–water partition coefficient (Wildman–Crippen LogP) is 4.05. The van der Waals surface area contributed by atoms with Gasteiger partial charge in [0.1, 0.15) is 17.2 Å². The first-order valence-electron chi connectivity index (χ1n) is 7.65. The second-order valence-corrected chi connectivity index (χ2v) is 5.69. The molecule has 0 bridgehead atoms. The standard InChI is InChI=1S/C19H20N2O3/c1-11-5-7-15-14(9-11)12(2)18(20-15)19(22)21-16-10-13(23-3)6-8-17(16)24-4/h5-10,20H,1-4H3,(H,21,22). The molecule has 1 heterocycles. The summed E-state index contributed by atoms with van der Waals surface area (Å²) in [6.45, 7) is 3.97. The lowest BCUT2D eigenvalue weighted by molar-refractivity contribution is 0.102. The normalized spacial score (nSPS) is 10.7. The maximum absolute atomic E-state index is 12.7. The monoisotopic (exact) mass is 324 g/mol. The number of methoxy groups -OCH3 is 2. The van der Waals surface area contributed by atoms with Crippen molar-refractivity contribution >= 4 is 22.5 Å². The molecule has 0 aliphatic heterocycles. The number of hydrogen-bond donors (Lipinski definition) is 2. The molecular weight excluding hydrogens is 304 g/mol. The molecule has 5 heteroatoms. The Morgan fingerprint density at radius 1 is 1.04 bits per heavy atom. The number of H-pyrrole nitrogens is 1. The van der Waals surface area contributed by atoms with E-state index in [2.05, 4.69) is 16.4 Å². The molecule has 1 aromatic heterocycles. The smallest absolute Gasteiger partial charge is 0.272 e. The lowest BCUT2D eigenvalue weighted by atomic mass is 10.1. The van der Waals surface area contributed by atoms with Crippen molar-refractivity contribution in [2.45, 2.75) is 13.8 Å². The van der Waals surface area contributed by atoms with Crippen molar-refractivity contribution in [1.82, 2.24) is 4.98 Å². The van der Waals surface area contributed by atoms with Crippen LogP contribution in [0.4, 0.5) is 5.69 Å². The number of anilines is 1. The molecule has 0 spiro atoms. The van der Waals surface area contributed by atoms with Crippen molar-refractivity contribution in [3.8, 4) is 11.5 Å². The highest BCUT2D eigenvalue weighted by molar-refractivity contribution is 6.08. The summed E-state index contributed by atoms with van der Waals surface area (Å²) in [5, 5.41) is 3.95. The molecule has 0 saturated heterocycles. The third-order valence-electron chi connectivity index (χ3n) is 4.10. The zero-order valence-corrected chi connectivity index (χ0v) is 14.2. The molecule has 5 nitrogen and oxygen atoms in total. The van der Waals surface area contributed by atoms with E-state index in [1.165, 1.54) is 0 Å². The number of aromatic nitrogens is 1. The number of fused-ring (bicyclic) bond motifs is 1. The van der Waals surface area contributed by atoms with Gasteiger partial charge in [0.05, 0.1) is 19.9 Å². The van der Waals surface area contributed by atoms with Crippen LogP contribution in [0.2, 0.25) is 0 Å². The minimum absolute atomic E-state index is 0.215. The van der Waals surface area contributed by atoms with Gasteiger partial charge in [-0.3, -0.25) is 4.79 Å². The van der Waals surface area contributed by atoms with Gasteiger partial charge in [0, 0.05) is 17.0 Å². The highest BCUT2D eigenvalue weighted by Crippen LogP contribution is 2.30. The number of aromatic amines is 1. The molecule has 0 unspecified atom stereocenters. The number of hydrogen-bond acceptors (Lipinski definition) is 3. The van der Waals surface area contributed by atoms with Crippen LogP contribution in [0.5, 0.6) is 11.5 Å². The van der Waals surface area contributed by atoms with Crippen molar-refractivity contribution in [3.63, 3.8) is 0 Å². The number of benzene rings is 2. The van der Waals surface area contributed by atoms with Crippen LogP contribution in [0.25, 0.3) is 10.9 Å². The molecule has 1 amide bonds. The van der Waals surface area contributed by atoms with E-state index in [-0.39, 0.29) is 5.91 Å². The number of carbonyl (C=O) groups excluding carboxylic acids is 1. The van der Waals surface area contributed by atoms with Crippen LogP contribution in [0.15, 0.2) is 36.4 Å². The van der Waals surface area contributed by atoms with Crippen molar-refractivity contribution < 1.29 is 14.3 Å². The van der Waals surface area contributed by atoms with E-state index in [1.807, 2.05) is 26.0 Å². The van der Waals surface area contributed by atoms with Crippen molar-refractivity contribution in [2.75, 3.05) is 19.5 Å². The highest BCUT2D eigenvalue weighted by Gasteiger charge is 2.17. The van der Waals surface area contributed by atoms with Gasteiger partial charge in [-0.2, -0.15) is 0 Å². The minimum Gasteiger partial charge on any atom is -0.497 e. The number of nitrogens with one attached hydrogen (secondary N) is 2. The Balaban J connectivity index is 1.97. The van der Waals surface area contributed by atoms with E-state index in [0.717, 1.165) is 22.0 Å². The Kier molecular flexibility index (Phi) is 4.16. The number of aryl methyl sites for hydroxylation is 2. The van der Waals surface area contributed by atoms with Gasteiger partial charge in [-0.1, -0.05) is 11.6 Å². The summed E-state index contributed by atoms with van der Waals surface area (Å²) in [6, 6.07) is 11.4. The molecule has 0 atom stereocenters. The van der Waals surface area contributed by atoms with Crippen LogP contribution < -0.4 is 14.8 Å². The Bertz CT molecular complexity index is 912. The maximum Gasteiger partial charge on any atom is 0.272 e. The Morgan fingerprint density at radius 2 is 1.83 bits per heavy atom. The van der Waals surface area contributed by atoms with Crippen LogP contribution >= 0.6 is 0 Å². The van der Waals surface area contributed by atoms with Gasteiger partial charge in [-0.15, -0.1) is 0 Å². The van der Waals surface area contributed by atoms with Gasteiger partial charge < -0.3 is 19.8 Å². The molecule has 0 saturated carbocycles. The van der Waals surface area contributed by atoms with E-state index in [9.17, 15) is 4.79 Å². The molecule has 2 aromatic carbocycles. The molecule has 3 aromatic rings. The summed E-state index contributed by atoms with van der Waals surface area (Å²) >= 11 is 0. The first-order chi connectivity index (χ1) is 11.5. The van der Waals surface area contributed by atoms with Gasteiger partial charge in [0.2, 0.25) is 0 Å². The fourth-order valence-electron chi connectivity index (χ4n) is 2.76. The van der Waals surface area contributed by atoms with Crippen molar-refractivity contribution in [3.05, 3.63) is 53.2 Å². The fraction of sp³-hybridized carbons (Fsp3) is 0.211. The number of rotatable bonds is 4. The fourth-order valence-corrected chi connectivity index (χ4v) is 2.76. The molecule has 2 N–H and O–H groups in total. The van der Waals surface area contributed by atoms with Crippen LogP contribution in [-0.4, -0.2) is 25.1 Å². The maximum atomic E-state index is 12.7. The second-order valence-electron chi connectivity index (χ2n) is 5.69. The lowest BCUT2D eigenvalue weighted by Crippen LogP contribution is -2.14. The van der Waals surface area contributed by atoms with Crippen LogP contribution in [0, 0.1) is 13.8 Å². The summed E-state index contributed by atoms with van der Waals surface area (Å²) in [6.07, 6.45) is 0. The highest BCUT2D eigenvalue weighted by atomic mass is 16.5. The number of ether oxygens (including phenoxy) is 2. The molecule has 24 heavy (non-hydrogen) atoms. The molecule has 0 fully saturated rings. The summed E-state index contributed by atoms with van der Waals surface area (Å²) < 4.78 is 10.5. The molecular formula is C19H20N2O3. The van der Waals surface area contributed by atoms with Gasteiger partial charge in [-0.05, 0) is 43.7 Å². The van der Waals surface area contributed by atoms with Crippen LogP contribution in [0.1, 0.15) is 21.6 Å². The number of amides is 1. The topological polar surface area (TPSA) is 63.4 Å². The average molecular weight is 324 g/mol. The third-order valence-corrected chi connectivity index (χ3v) is 4.10. The van der Waals surface area contributed by atoms with E-state index >= 15 is 0 Å². The molecule has 0 aliphatic carbocycles. The lowest BCUT2D eigenvalue weighted by Gasteiger charge is -2.11. The first-order valence-corrected chi connectivity index (χ1v) is 7.65. The zero-order chi connectivity index (χ0) is 17.3. The second kappa shape index (κ2) is 6.28. The van der Waals surface area contributed by atoms with E-state index in [1.54, 1.807) is 32.4 Å². The summed E-state index contributed by atoms with van der Waals surface area (Å²) in [5.74, 6) is 1.01. The van der Waals surface area contributed by atoms with Crippen LogP contribution in [0.3, 0.4) is 0 Å². The first kappa shape index (κ1) is 15.9. The van der Waals surface area contributed by atoms with E-state index in [0.29, 0.717) is 22.9 Å². The molecule has 0 aliphatic rings. The van der Waals surface area contributed by atoms with Gasteiger partial charge >= 0.3 is 0 Å². The average Bonchev–Trinajstić information content (AvgIpc) is 2.91. The molecule has 3 rings (SSSR count). The Hall–Kier alpha value is -2.95. The minimum atomic E-state index is -0.215. The quantitative estimate of drug-likeness (QED) is 0.761. The predicted molar refractivity (Wildman–Crippen MR) is 95.3 cm³/mol. The van der Waals surface area contributed by atoms with Crippen molar-refractivity contribution in [2.24, 2.45) is 0 Å². The SMILES string of the molecule is COc1ccc(OC)c(NC(=O)c2[nH]c3ccc(C)cc3c2C)c1. The Labute approximate surface area is 140 Å². The third kappa shape index (κ3) is 2.80. The molecule has 0 radical (unpaired) electrons. The van der Waals surface area contributed by atoms with Crippen molar-refractivity contribution in [1.29, 1.82) is 0 Å². The van der Waals surface area contributed by atoms with Crippen LogP contribution in [-0.2, 0) is 0 Å². The summed E-state index contributed by atoms with van der Waals surface area (Å²) in [4.78, 5) is 15.9. The zero-order valence-electron chi connectivity index (χ0n) is 14.2. The molecule has 124 valence electrons. The largest absolute Gasteiger partial charge is 0.497 e. The van der Waals surface area contributed by atoms with Gasteiger partial charge in [-0.25, -0.2) is 0 Å². The Morgan fingerprint density at radius 3 is 2.54 bits per heavy atom. The van der Waals surface area contributed by atoms with E-state index in [4.69, 9.17) is 9.47 Å². The van der Waals surface area contributed by atoms with E-state index < -0.39 is 0 Å². The number of carbonyl (C=O) groups is 1.